The zero-order valence-corrected chi connectivity index (χ0v) is 27.4. The third kappa shape index (κ3) is 10.1. The van der Waals surface area contributed by atoms with Crippen LogP contribution in [0, 0.1) is 6.92 Å². The van der Waals surface area contributed by atoms with Gasteiger partial charge in [0.15, 0.2) is 0 Å². The van der Waals surface area contributed by atoms with E-state index in [0.29, 0.717) is 5.75 Å². The van der Waals surface area contributed by atoms with Crippen molar-refractivity contribution in [3.8, 4) is 28.4 Å². The number of rotatable bonds is 17. The monoisotopic (exact) mass is 575 g/mol. The second-order valence-electron chi connectivity index (χ2n) is 10.7. The van der Waals surface area contributed by atoms with E-state index < -0.39 is 12.1 Å². The normalized spacial score (nSPS) is 11.5. The SMILES string of the molecule is CCCCCCCCCCOc1cccc(-n2c(C)ccc2-c2ccc(O[C@H](Cc3ccccc3)C(=O)[O-])cc2)c1.[Na+]. The van der Waals surface area contributed by atoms with E-state index in [1.54, 1.807) is 0 Å². The van der Waals surface area contributed by atoms with Gasteiger partial charge in [-0.25, -0.2) is 0 Å². The first kappa shape index (κ1) is 33.5. The van der Waals surface area contributed by atoms with Crippen molar-refractivity contribution in [1.82, 2.24) is 4.57 Å². The number of ether oxygens (including phenoxy) is 2. The summed E-state index contributed by atoms with van der Waals surface area (Å²) < 4.78 is 14.1. The van der Waals surface area contributed by atoms with Crippen LogP contribution in [0.15, 0.2) is 91.0 Å². The van der Waals surface area contributed by atoms with Crippen LogP contribution >= 0.6 is 0 Å². The summed E-state index contributed by atoms with van der Waals surface area (Å²) in [6, 6.07) is 29.4. The minimum absolute atomic E-state index is 0. The number of hydrogen-bond acceptors (Lipinski definition) is 4. The molecule has 0 aliphatic rings. The fraction of sp³-hybridized carbons (Fsp3) is 0.361. The maximum atomic E-state index is 11.7. The summed E-state index contributed by atoms with van der Waals surface area (Å²) in [6.07, 6.45) is 9.41. The van der Waals surface area contributed by atoms with Gasteiger partial charge in [-0.3, -0.25) is 0 Å². The number of carboxylic acids is 1. The first-order valence-electron chi connectivity index (χ1n) is 15.0. The third-order valence-corrected chi connectivity index (χ3v) is 7.37. The van der Waals surface area contributed by atoms with Crippen molar-refractivity contribution < 1.29 is 48.9 Å². The molecule has 1 atom stereocenters. The van der Waals surface area contributed by atoms with Gasteiger partial charge >= 0.3 is 29.6 Å². The van der Waals surface area contributed by atoms with Gasteiger partial charge in [0.25, 0.3) is 0 Å². The number of carbonyl (C=O) groups excluding carboxylic acids is 1. The van der Waals surface area contributed by atoms with Gasteiger partial charge in [0, 0.05) is 23.9 Å². The van der Waals surface area contributed by atoms with Gasteiger partial charge in [-0.2, -0.15) is 0 Å². The Kier molecular flexibility index (Phi) is 14.2. The zero-order valence-electron chi connectivity index (χ0n) is 25.4. The van der Waals surface area contributed by atoms with Gasteiger partial charge in [0.2, 0.25) is 0 Å². The Morgan fingerprint density at radius 2 is 1.48 bits per heavy atom. The predicted molar refractivity (Wildman–Crippen MR) is 164 cm³/mol. The fourth-order valence-electron chi connectivity index (χ4n) is 5.11. The molecule has 0 aliphatic carbocycles. The van der Waals surface area contributed by atoms with Crippen molar-refractivity contribution in [2.45, 2.75) is 77.7 Å². The molecule has 4 aromatic rings. The van der Waals surface area contributed by atoms with Crippen molar-refractivity contribution in [3.63, 3.8) is 0 Å². The Labute approximate surface area is 273 Å². The van der Waals surface area contributed by atoms with E-state index in [0.717, 1.165) is 47.0 Å². The molecule has 0 amide bonds. The second kappa shape index (κ2) is 17.8. The van der Waals surface area contributed by atoms with Crippen LogP contribution in [0.25, 0.3) is 16.9 Å². The molecule has 0 bridgehead atoms. The minimum Gasteiger partial charge on any atom is -0.546 e. The molecule has 42 heavy (non-hydrogen) atoms. The second-order valence-corrected chi connectivity index (χ2v) is 10.7. The fourth-order valence-corrected chi connectivity index (χ4v) is 5.11. The third-order valence-electron chi connectivity index (χ3n) is 7.37. The number of aromatic nitrogens is 1. The molecule has 4 rings (SSSR count). The number of hydrogen-bond donors (Lipinski definition) is 0. The molecule has 1 aromatic heterocycles. The van der Waals surface area contributed by atoms with Gasteiger partial charge < -0.3 is 23.9 Å². The van der Waals surface area contributed by atoms with Crippen LogP contribution in [-0.4, -0.2) is 23.2 Å². The van der Waals surface area contributed by atoms with Crippen molar-refractivity contribution >= 4 is 5.97 Å². The Morgan fingerprint density at radius 3 is 2.17 bits per heavy atom. The van der Waals surface area contributed by atoms with Crippen molar-refractivity contribution in [2.24, 2.45) is 0 Å². The molecule has 1 heterocycles. The van der Waals surface area contributed by atoms with Crippen molar-refractivity contribution in [1.29, 1.82) is 0 Å². The van der Waals surface area contributed by atoms with Gasteiger partial charge in [0.05, 0.1) is 18.3 Å². The summed E-state index contributed by atoms with van der Waals surface area (Å²) in [5.74, 6) is 0.136. The van der Waals surface area contributed by atoms with E-state index in [4.69, 9.17) is 9.47 Å². The Bertz CT molecular complexity index is 1350. The number of carbonyl (C=O) groups is 1. The zero-order chi connectivity index (χ0) is 28.9. The Morgan fingerprint density at radius 1 is 0.786 bits per heavy atom. The van der Waals surface area contributed by atoms with Crippen LogP contribution in [0.4, 0.5) is 0 Å². The average molecular weight is 576 g/mol. The molecule has 0 aliphatic heterocycles. The predicted octanol–water partition coefficient (Wildman–Crippen LogP) is 4.72. The van der Waals surface area contributed by atoms with Crippen LogP contribution in [0.3, 0.4) is 0 Å². The summed E-state index contributed by atoms with van der Waals surface area (Å²) >= 11 is 0. The van der Waals surface area contributed by atoms with E-state index in [9.17, 15) is 9.90 Å². The quantitative estimate of drug-likeness (QED) is 0.135. The topological polar surface area (TPSA) is 63.5 Å². The summed E-state index contributed by atoms with van der Waals surface area (Å²) in [4.78, 5) is 11.7. The van der Waals surface area contributed by atoms with Crippen LogP contribution in [0.2, 0.25) is 0 Å². The molecule has 5 nitrogen and oxygen atoms in total. The standard InChI is InChI=1S/C36H43NO4.Na/c1-3-4-5-6-7-8-9-13-25-40-33-18-14-17-31(27-33)37-28(2)19-24-34(37)30-20-22-32(23-21-30)41-35(36(38)39)26-29-15-11-10-12-16-29;/h10-12,14-24,27,35H,3-9,13,25-26H2,1-2H3,(H,38,39);/q;+1/p-1/t35-;/m1./s1. The van der Waals surface area contributed by atoms with Gasteiger partial charge in [-0.05, 0) is 73.0 Å². The van der Waals surface area contributed by atoms with Gasteiger partial charge in [0.1, 0.15) is 17.6 Å². The van der Waals surface area contributed by atoms with E-state index in [-0.39, 0.29) is 36.0 Å². The van der Waals surface area contributed by atoms with Crippen LogP contribution in [0.5, 0.6) is 11.5 Å². The largest absolute Gasteiger partial charge is 1.00 e. The number of aryl methyl sites for hydroxylation is 1. The van der Waals surface area contributed by atoms with Crippen LogP contribution in [0.1, 0.15) is 69.5 Å². The van der Waals surface area contributed by atoms with Crippen LogP contribution < -0.4 is 44.1 Å². The molecule has 0 unspecified atom stereocenters. The molecule has 6 heteroatoms. The maximum absolute atomic E-state index is 11.7. The number of aliphatic carboxylic acids is 1. The van der Waals surface area contributed by atoms with E-state index >= 15 is 0 Å². The number of nitrogens with zero attached hydrogens (tertiary/aromatic N) is 1. The molecule has 216 valence electrons. The van der Waals surface area contributed by atoms with Crippen LogP contribution in [-0.2, 0) is 11.2 Å². The minimum atomic E-state index is -1.23. The summed E-state index contributed by atoms with van der Waals surface area (Å²) in [5.41, 5.74) is 5.07. The molecule has 0 fully saturated rings. The molecule has 3 aromatic carbocycles. The molecular weight excluding hydrogens is 533 g/mol. The smallest absolute Gasteiger partial charge is 0.546 e. The molecule has 0 saturated heterocycles. The van der Waals surface area contributed by atoms with Gasteiger partial charge in [-0.15, -0.1) is 0 Å². The van der Waals surface area contributed by atoms with E-state index in [2.05, 4.69) is 42.7 Å². The Balaban J connectivity index is 0.00000484. The molecule has 0 saturated carbocycles. The number of unbranched alkanes of at least 4 members (excludes halogenated alkanes) is 7. The number of benzene rings is 3. The first-order valence-corrected chi connectivity index (χ1v) is 15.0. The van der Waals surface area contributed by atoms with Gasteiger partial charge in [-0.1, -0.05) is 88.3 Å². The Hall–Kier alpha value is -2.99. The molecule has 0 spiro atoms. The van der Waals surface area contributed by atoms with Crippen molar-refractivity contribution in [3.05, 3.63) is 102 Å². The summed E-state index contributed by atoms with van der Waals surface area (Å²) in [6.45, 7) is 5.07. The average Bonchev–Trinajstić information content (AvgIpc) is 3.38. The number of carboxylic acid groups (broad SMARTS) is 1. The first-order chi connectivity index (χ1) is 20.0. The van der Waals surface area contributed by atoms with E-state index in [1.165, 1.54) is 44.9 Å². The van der Waals surface area contributed by atoms with E-state index in [1.807, 2.05) is 66.7 Å². The molecular formula is C36H42NNaO4. The maximum Gasteiger partial charge on any atom is 1.00 e. The molecule has 0 radical (unpaired) electrons. The summed E-state index contributed by atoms with van der Waals surface area (Å²) in [7, 11) is 0. The van der Waals surface area contributed by atoms with Crippen molar-refractivity contribution in [2.75, 3.05) is 6.61 Å². The summed E-state index contributed by atoms with van der Waals surface area (Å²) in [5, 5.41) is 11.7. The molecule has 0 N–H and O–H groups in total.